The van der Waals surface area contributed by atoms with Crippen molar-refractivity contribution in [3.8, 4) is 5.75 Å². The molecule has 120 valence electrons. The summed E-state index contributed by atoms with van der Waals surface area (Å²) in [6, 6.07) is 8.83. The molecule has 23 heavy (non-hydrogen) atoms. The van der Waals surface area contributed by atoms with Crippen molar-refractivity contribution in [1.29, 1.82) is 0 Å². The van der Waals surface area contributed by atoms with E-state index in [0.717, 1.165) is 12.1 Å². The summed E-state index contributed by atoms with van der Waals surface area (Å²) >= 11 is 0. The fourth-order valence-electron chi connectivity index (χ4n) is 1.85. The number of phenolic OH excluding ortho intramolecular Hbond substituents is 1. The van der Waals surface area contributed by atoms with Crippen molar-refractivity contribution in [2.75, 3.05) is 11.9 Å². The third kappa shape index (κ3) is 4.50. The zero-order chi connectivity index (χ0) is 16.8. The van der Waals surface area contributed by atoms with Crippen LogP contribution < -0.4 is 10.6 Å². The molecule has 0 bridgehead atoms. The zero-order valence-electron chi connectivity index (χ0n) is 12.0. The maximum atomic E-state index is 13.4. The highest BCUT2D eigenvalue weighted by Gasteiger charge is 2.13. The van der Waals surface area contributed by atoms with Gasteiger partial charge in [-0.25, -0.2) is 8.78 Å². The van der Waals surface area contributed by atoms with Gasteiger partial charge in [-0.2, -0.15) is 0 Å². The minimum atomic E-state index is -0.971. The summed E-state index contributed by atoms with van der Waals surface area (Å²) in [5.41, 5.74) is -0.0408. The SMILES string of the molecule is O=C(CCNC(=O)c1ccc(F)cc1F)Nc1ccccc1O. The molecule has 0 aliphatic heterocycles. The van der Waals surface area contributed by atoms with Crippen molar-refractivity contribution >= 4 is 17.5 Å². The number of benzene rings is 2. The van der Waals surface area contributed by atoms with Gasteiger partial charge in [0.25, 0.3) is 5.91 Å². The molecule has 0 heterocycles. The average Bonchev–Trinajstić information content (AvgIpc) is 2.49. The molecule has 0 aliphatic carbocycles. The van der Waals surface area contributed by atoms with Gasteiger partial charge in [-0.05, 0) is 24.3 Å². The maximum Gasteiger partial charge on any atom is 0.254 e. The number of aromatic hydroxyl groups is 1. The number of hydrogen-bond donors (Lipinski definition) is 3. The summed E-state index contributed by atoms with van der Waals surface area (Å²) in [4.78, 5) is 23.4. The van der Waals surface area contributed by atoms with Crippen LogP contribution in [0.1, 0.15) is 16.8 Å². The Morgan fingerprint density at radius 3 is 2.52 bits per heavy atom. The molecule has 3 N–H and O–H groups in total. The standard InChI is InChI=1S/C16H14F2N2O3/c17-10-5-6-11(12(18)9-10)16(23)19-8-7-15(22)20-13-3-1-2-4-14(13)21/h1-6,9,21H,7-8H2,(H,19,23)(H,20,22). The Labute approximate surface area is 130 Å². The first-order chi connectivity index (χ1) is 11.0. The maximum absolute atomic E-state index is 13.4. The van der Waals surface area contributed by atoms with Crippen molar-refractivity contribution < 1.29 is 23.5 Å². The molecule has 5 nitrogen and oxygen atoms in total. The van der Waals surface area contributed by atoms with E-state index in [1.165, 1.54) is 12.1 Å². The molecule has 2 rings (SSSR count). The molecule has 0 fully saturated rings. The van der Waals surface area contributed by atoms with Gasteiger partial charge < -0.3 is 15.7 Å². The number of rotatable bonds is 5. The fraction of sp³-hybridized carbons (Fsp3) is 0.125. The first-order valence-corrected chi connectivity index (χ1v) is 6.78. The number of anilines is 1. The Balaban J connectivity index is 1.83. The molecule has 0 saturated carbocycles. The Bertz CT molecular complexity index is 735. The molecule has 2 aromatic carbocycles. The first-order valence-electron chi connectivity index (χ1n) is 6.78. The van der Waals surface area contributed by atoms with E-state index in [1.54, 1.807) is 12.1 Å². The molecule has 0 saturated heterocycles. The summed E-state index contributed by atoms with van der Waals surface area (Å²) in [5, 5.41) is 14.4. The summed E-state index contributed by atoms with van der Waals surface area (Å²) in [5.74, 6) is -2.98. The number of hydrogen-bond acceptors (Lipinski definition) is 3. The van der Waals surface area contributed by atoms with Crippen LogP contribution in [0.25, 0.3) is 0 Å². The van der Waals surface area contributed by atoms with Crippen LogP contribution in [0, 0.1) is 11.6 Å². The summed E-state index contributed by atoms with van der Waals surface area (Å²) in [7, 11) is 0. The highest BCUT2D eigenvalue weighted by molar-refractivity contribution is 5.95. The van der Waals surface area contributed by atoms with Crippen molar-refractivity contribution in [2.45, 2.75) is 6.42 Å². The third-order valence-corrected chi connectivity index (χ3v) is 2.99. The van der Waals surface area contributed by atoms with Crippen LogP contribution in [-0.4, -0.2) is 23.5 Å². The lowest BCUT2D eigenvalue weighted by Crippen LogP contribution is -2.28. The largest absolute Gasteiger partial charge is 0.506 e. The number of carbonyl (C=O) groups excluding carboxylic acids is 2. The zero-order valence-corrected chi connectivity index (χ0v) is 12.0. The predicted octanol–water partition coefficient (Wildman–Crippen LogP) is 2.43. The van der Waals surface area contributed by atoms with Gasteiger partial charge >= 0.3 is 0 Å². The van der Waals surface area contributed by atoms with E-state index in [2.05, 4.69) is 10.6 Å². The van der Waals surface area contributed by atoms with Crippen molar-refractivity contribution in [2.24, 2.45) is 0 Å². The number of para-hydroxylation sites is 2. The second-order valence-corrected chi connectivity index (χ2v) is 4.70. The van der Waals surface area contributed by atoms with Gasteiger partial charge in [-0.1, -0.05) is 12.1 Å². The van der Waals surface area contributed by atoms with Crippen molar-refractivity contribution in [1.82, 2.24) is 5.32 Å². The van der Waals surface area contributed by atoms with Crippen LogP contribution >= 0.6 is 0 Å². The highest BCUT2D eigenvalue weighted by Crippen LogP contribution is 2.21. The highest BCUT2D eigenvalue weighted by atomic mass is 19.1. The molecular formula is C16H14F2N2O3. The quantitative estimate of drug-likeness (QED) is 0.740. The lowest BCUT2D eigenvalue weighted by molar-refractivity contribution is -0.116. The molecule has 0 radical (unpaired) electrons. The Kier molecular flexibility index (Phi) is 5.24. The van der Waals surface area contributed by atoms with Crippen molar-refractivity contribution in [3.05, 3.63) is 59.7 Å². The molecule has 0 aliphatic rings. The summed E-state index contributed by atoms with van der Waals surface area (Å²) in [6.45, 7) is -0.0327. The Hall–Kier alpha value is -2.96. The van der Waals surface area contributed by atoms with E-state index >= 15 is 0 Å². The molecule has 2 amide bonds. The minimum absolute atomic E-state index is 0.0327. The normalized spacial score (nSPS) is 10.2. The van der Waals surface area contributed by atoms with Gasteiger partial charge in [0, 0.05) is 19.0 Å². The van der Waals surface area contributed by atoms with Crippen LogP contribution in [0.15, 0.2) is 42.5 Å². The molecule has 0 unspecified atom stereocenters. The van der Waals surface area contributed by atoms with E-state index < -0.39 is 23.4 Å². The number of halogens is 2. The van der Waals surface area contributed by atoms with E-state index in [9.17, 15) is 23.5 Å². The van der Waals surface area contributed by atoms with Crippen LogP contribution in [-0.2, 0) is 4.79 Å². The molecule has 2 aromatic rings. The fourth-order valence-corrected chi connectivity index (χ4v) is 1.85. The van der Waals surface area contributed by atoms with Gasteiger partial charge in [-0.15, -0.1) is 0 Å². The summed E-state index contributed by atoms with van der Waals surface area (Å²) in [6.07, 6.45) is -0.0666. The van der Waals surface area contributed by atoms with Crippen LogP contribution in [0.5, 0.6) is 5.75 Å². The lowest BCUT2D eigenvalue weighted by Gasteiger charge is -2.08. The number of amides is 2. The van der Waals surface area contributed by atoms with E-state index in [4.69, 9.17) is 0 Å². The number of carbonyl (C=O) groups is 2. The molecular weight excluding hydrogens is 306 g/mol. The van der Waals surface area contributed by atoms with E-state index in [1.807, 2.05) is 0 Å². The van der Waals surface area contributed by atoms with E-state index in [-0.39, 0.29) is 30.0 Å². The summed E-state index contributed by atoms with van der Waals surface area (Å²) < 4.78 is 26.2. The minimum Gasteiger partial charge on any atom is -0.506 e. The average molecular weight is 320 g/mol. The van der Waals surface area contributed by atoms with Crippen LogP contribution in [0.4, 0.5) is 14.5 Å². The monoisotopic (exact) mass is 320 g/mol. The predicted molar refractivity (Wildman–Crippen MR) is 80.0 cm³/mol. The number of nitrogens with one attached hydrogen (secondary N) is 2. The second kappa shape index (κ2) is 7.35. The van der Waals surface area contributed by atoms with Gasteiger partial charge in [0.05, 0.1) is 11.3 Å². The molecule has 0 aromatic heterocycles. The van der Waals surface area contributed by atoms with Gasteiger partial charge in [0.1, 0.15) is 17.4 Å². The third-order valence-electron chi connectivity index (χ3n) is 2.99. The second-order valence-electron chi connectivity index (χ2n) is 4.70. The molecule has 0 atom stereocenters. The Morgan fingerprint density at radius 2 is 1.83 bits per heavy atom. The van der Waals surface area contributed by atoms with Gasteiger partial charge in [0.15, 0.2) is 0 Å². The molecule has 0 spiro atoms. The van der Waals surface area contributed by atoms with Gasteiger partial charge in [0.2, 0.25) is 5.91 Å². The van der Waals surface area contributed by atoms with Crippen molar-refractivity contribution in [3.63, 3.8) is 0 Å². The van der Waals surface area contributed by atoms with Crippen LogP contribution in [0.2, 0.25) is 0 Å². The number of phenols is 1. The first kappa shape index (κ1) is 16.4. The Morgan fingerprint density at radius 1 is 1.09 bits per heavy atom. The van der Waals surface area contributed by atoms with Gasteiger partial charge in [-0.3, -0.25) is 9.59 Å². The molecule has 7 heteroatoms. The smallest absolute Gasteiger partial charge is 0.254 e. The van der Waals surface area contributed by atoms with E-state index in [0.29, 0.717) is 6.07 Å². The van der Waals surface area contributed by atoms with Crippen LogP contribution in [0.3, 0.4) is 0 Å². The lowest BCUT2D eigenvalue weighted by atomic mass is 10.2. The topological polar surface area (TPSA) is 78.4 Å².